The molecular weight excluding hydrogens is 412 g/mol. The number of nitrogens with two attached hydrogens (primary N) is 1. The summed E-state index contributed by atoms with van der Waals surface area (Å²) < 4.78 is 7.19. The largest absolute Gasteiger partial charge is 0.462 e. The average molecular weight is 437 g/mol. The smallest absolute Gasteiger partial charge is 0.341 e. The molecule has 0 saturated carbocycles. The zero-order chi connectivity index (χ0) is 22.7. The minimum Gasteiger partial charge on any atom is -0.462 e. The number of carbonyl (C=O) groups is 1. The molecule has 2 heterocycles. The van der Waals surface area contributed by atoms with E-state index >= 15 is 0 Å². The molecular formula is C24H25ClN4O2. The van der Waals surface area contributed by atoms with Gasteiger partial charge in [-0.25, -0.2) is 9.78 Å². The van der Waals surface area contributed by atoms with Crippen molar-refractivity contribution in [2.75, 3.05) is 12.3 Å². The molecule has 0 atom stereocenters. The second-order valence-electron chi connectivity index (χ2n) is 7.60. The highest BCUT2D eigenvalue weighted by Gasteiger charge is 2.24. The fraction of sp³-hybridized carbons (Fsp3) is 0.292. The number of rotatable bonds is 6. The summed E-state index contributed by atoms with van der Waals surface area (Å²) in [6, 6.07) is 11.6. The summed E-state index contributed by atoms with van der Waals surface area (Å²) in [5, 5.41) is 10.1. The van der Waals surface area contributed by atoms with Gasteiger partial charge in [0.25, 0.3) is 0 Å². The summed E-state index contributed by atoms with van der Waals surface area (Å²) in [6.07, 6.45) is 1.64. The molecule has 0 fully saturated rings. The summed E-state index contributed by atoms with van der Waals surface area (Å²) in [7, 11) is 0. The molecule has 0 amide bonds. The van der Waals surface area contributed by atoms with Crippen LogP contribution in [0.4, 0.5) is 5.69 Å². The van der Waals surface area contributed by atoms with E-state index < -0.39 is 5.97 Å². The number of anilines is 1. The Morgan fingerprint density at radius 2 is 2.00 bits per heavy atom. The number of carbonyl (C=O) groups excluding carboxylic acids is 1. The highest BCUT2D eigenvalue weighted by Crippen LogP contribution is 2.36. The summed E-state index contributed by atoms with van der Waals surface area (Å²) >= 11 is 6.12. The lowest BCUT2D eigenvalue weighted by molar-refractivity contribution is 0.0526. The number of ether oxygens (including phenoxy) is 1. The molecule has 2 aromatic heterocycles. The van der Waals surface area contributed by atoms with Crippen LogP contribution in [0.3, 0.4) is 0 Å². The zero-order valence-corrected chi connectivity index (χ0v) is 18.8. The van der Waals surface area contributed by atoms with E-state index in [4.69, 9.17) is 22.1 Å². The molecule has 7 heteroatoms. The van der Waals surface area contributed by atoms with Crippen LogP contribution in [0.5, 0.6) is 0 Å². The van der Waals surface area contributed by atoms with Gasteiger partial charge in [-0.2, -0.15) is 5.26 Å². The van der Waals surface area contributed by atoms with Crippen molar-refractivity contribution in [2.24, 2.45) is 0 Å². The lowest BCUT2D eigenvalue weighted by Gasteiger charge is -2.15. The van der Waals surface area contributed by atoms with Crippen molar-refractivity contribution in [1.82, 2.24) is 9.55 Å². The fourth-order valence-corrected chi connectivity index (χ4v) is 3.97. The molecule has 0 aliphatic rings. The van der Waals surface area contributed by atoms with Crippen LogP contribution in [-0.4, -0.2) is 22.1 Å². The van der Waals surface area contributed by atoms with E-state index in [9.17, 15) is 10.1 Å². The van der Waals surface area contributed by atoms with Gasteiger partial charge in [0.05, 0.1) is 17.7 Å². The molecule has 160 valence electrons. The van der Waals surface area contributed by atoms with Gasteiger partial charge in [-0.15, -0.1) is 0 Å². The number of nitrogens with zero attached hydrogens (tertiary/aromatic N) is 3. The first-order valence-corrected chi connectivity index (χ1v) is 10.5. The van der Waals surface area contributed by atoms with Gasteiger partial charge in [0, 0.05) is 35.4 Å². The molecule has 2 N–H and O–H groups in total. The van der Waals surface area contributed by atoms with Crippen LogP contribution in [-0.2, 0) is 11.3 Å². The zero-order valence-electron chi connectivity index (χ0n) is 18.1. The third kappa shape index (κ3) is 4.42. The number of halogens is 1. The highest BCUT2D eigenvalue weighted by atomic mass is 35.5. The number of pyridine rings is 1. The Bertz CT molecular complexity index is 1160. The molecule has 0 bridgehead atoms. The van der Waals surface area contributed by atoms with Gasteiger partial charge in [-0.05, 0) is 49.1 Å². The Kier molecular flexibility index (Phi) is 6.67. The molecule has 0 saturated heterocycles. The number of nitrogen functional groups attached to an aromatic ring is 1. The summed E-state index contributed by atoms with van der Waals surface area (Å²) in [5.41, 5.74) is 11.9. The monoisotopic (exact) mass is 436 g/mol. The van der Waals surface area contributed by atoms with Crippen molar-refractivity contribution >= 4 is 23.3 Å². The van der Waals surface area contributed by atoms with Crippen molar-refractivity contribution in [2.45, 2.75) is 40.2 Å². The van der Waals surface area contributed by atoms with Gasteiger partial charge < -0.3 is 15.0 Å². The molecule has 0 unspecified atom stereocenters. The van der Waals surface area contributed by atoms with Crippen molar-refractivity contribution < 1.29 is 9.53 Å². The topological polar surface area (TPSA) is 93.9 Å². The molecule has 0 radical (unpaired) electrons. The molecule has 0 spiro atoms. The number of hydrogen-bond acceptors (Lipinski definition) is 5. The SMILES string of the molecule is CCOC(=O)c1cc(Cn2c(C)c(-c3ccc(N)cc3)c(C#N)c2C(C)C)cnc1Cl. The number of aromatic nitrogens is 2. The first kappa shape index (κ1) is 22.4. The van der Waals surface area contributed by atoms with Gasteiger partial charge >= 0.3 is 5.97 Å². The maximum Gasteiger partial charge on any atom is 0.341 e. The van der Waals surface area contributed by atoms with Crippen LogP contribution in [0.25, 0.3) is 11.1 Å². The molecule has 0 aliphatic heterocycles. The van der Waals surface area contributed by atoms with E-state index in [0.29, 0.717) is 17.8 Å². The maximum atomic E-state index is 12.2. The van der Waals surface area contributed by atoms with E-state index in [0.717, 1.165) is 28.1 Å². The molecule has 0 aliphatic carbocycles. The Morgan fingerprint density at radius 3 is 2.58 bits per heavy atom. The number of nitriles is 1. The van der Waals surface area contributed by atoms with Crippen LogP contribution < -0.4 is 5.73 Å². The van der Waals surface area contributed by atoms with Crippen LogP contribution in [0.2, 0.25) is 5.15 Å². The number of hydrogen-bond donors (Lipinski definition) is 1. The Balaban J connectivity index is 2.14. The van der Waals surface area contributed by atoms with Crippen LogP contribution in [0.1, 0.15) is 59.6 Å². The van der Waals surface area contributed by atoms with E-state index in [-0.39, 0.29) is 23.2 Å². The average Bonchev–Trinajstić information content (AvgIpc) is 3.02. The van der Waals surface area contributed by atoms with E-state index in [2.05, 4.69) is 29.5 Å². The van der Waals surface area contributed by atoms with Crippen molar-refractivity contribution in [3.63, 3.8) is 0 Å². The van der Waals surface area contributed by atoms with Gasteiger partial charge in [-0.1, -0.05) is 37.6 Å². The van der Waals surface area contributed by atoms with Gasteiger partial charge in [0.1, 0.15) is 11.2 Å². The van der Waals surface area contributed by atoms with E-state index in [1.54, 1.807) is 19.2 Å². The lowest BCUT2D eigenvalue weighted by Crippen LogP contribution is -2.11. The molecule has 31 heavy (non-hydrogen) atoms. The first-order valence-electron chi connectivity index (χ1n) is 10.1. The number of esters is 1. The predicted molar refractivity (Wildman–Crippen MR) is 122 cm³/mol. The Morgan fingerprint density at radius 1 is 1.32 bits per heavy atom. The second kappa shape index (κ2) is 9.23. The standard InChI is InChI=1S/C24H25ClN4O2/c1-5-31-24(30)19-10-16(12-28-23(19)25)13-29-15(4)21(17-6-8-18(27)9-7-17)20(11-26)22(29)14(2)3/h6-10,12,14H,5,13,27H2,1-4H3. The Hall–Kier alpha value is -3.30. The van der Waals surface area contributed by atoms with Crippen LogP contribution in [0, 0.1) is 18.3 Å². The van der Waals surface area contributed by atoms with Gasteiger partial charge in [0.2, 0.25) is 0 Å². The molecule has 1 aromatic carbocycles. The minimum atomic E-state index is -0.504. The molecule has 3 aromatic rings. The fourth-order valence-electron chi connectivity index (χ4n) is 3.79. The first-order chi connectivity index (χ1) is 14.8. The van der Waals surface area contributed by atoms with E-state index in [1.165, 1.54) is 0 Å². The van der Waals surface area contributed by atoms with Crippen LogP contribution >= 0.6 is 11.6 Å². The maximum absolute atomic E-state index is 12.2. The van der Waals surface area contributed by atoms with Crippen molar-refractivity contribution in [3.8, 4) is 17.2 Å². The molecule has 3 rings (SSSR count). The Labute approximate surface area is 187 Å². The predicted octanol–water partition coefficient (Wildman–Crippen LogP) is 5.31. The van der Waals surface area contributed by atoms with Crippen molar-refractivity contribution in [1.29, 1.82) is 5.26 Å². The lowest BCUT2D eigenvalue weighted by atomic mass is 9.98. The van der Waals surface area contributed by atoms with Gasteiger partial charge in [0.15, 0.2) is 0 Å². The van der Waals surface area contributed by atoms with Crippen LogP contribution in [0.15, 0.2) is 36.5 Å². The van der Waals surface area contributed by atoms with Crippen molar-refractivity contribution in [3.05, 3.63) is 69.8 Å². The van der Waals surface area contributed by atoms with E-state index in [1.807, 2.05) is 31.2 Å². The minimum absolute atomic E-state index is 0.107. The quantitative estimate of drug-likeness (QED) is 0.321. The van der Waals surface area contributed by atoms with Gasteiger partial charge in [-0.3, -0.25) is 0 Å². The second-order valence-corrected chi connectivity index (χ2v) is 7.96. The normalized spacial score (nSPS) is 10.9. The summed E-state index contributed by atoms with van der Waals surface area (Å²) in [6.45, 7) is 8.55. The third-order valence-electron chi connectivity index (χ3n) is 5.15. The molecule has 6 nitrogen and oxygen atoms in total. The third-order valence-corrected chi connectivity index (χ3v) is 5.45. The summed E-state index contributed by atoms with van der Waals surface area (Å²) in [4.78, 5) is 16.4. The summed E-state index contributed by atoms with van der Waals surface area (Å²) in [5.74, 6) is -0.392. The number of benzene rings is 1. The highest BCUT2D eigenvalue weighted by molar-refractivity contribution is 6.32.